The number of aryl methyl sites for hydroxylation is 1. The minimum atomic E-state index is -0.227. The lowest BCUT2D eigenvalue weighted by Crippen LogP contribution is -2.22. The van der Waals surface area contributed by atoms with Gasteiger partial charge in [0.1, 0.15) is 5.76 Å². The lowest BCUT2D eigenvalue weighted by atomic mass is 10.1. The number of carbonyl (C=O) groups is 1. The summed E-state index contributed by atoms with van der Waals surface area (Å²) in [6.45, 7) is 2.81. The predicted molar refractivity (Wildman–Crippen MR) is 68.9 cm³/mol. The summed E-state index contributed by atoms with van der Waals surface area (Å²) in [6.07, 6.45) is 0. The van der Waals surface area contributed by atoms with Gasteiger partial charge in [-0.3, -0.25) is 4.79 Å². The first-order valence-corrected chi connectivity index (χ1v) is 5.81. The van der Waals surface area contributed by atoms with Gasteiger partial charge in [-0.1, -0.05) is 29.8 Å². The van der Waals surface area contributed by atoms with Gasteiger partial charge in [-0.25, -0.2) is 0 Å². The largest absolute Gasteiger partial charge is 0.455 e. The molecule has 4 heteroatoms. The van der Waals surface area contributed by atoms with Gasteiger partial charge in [-0.15, -0.1) is 0 Å². The Bertz CT molecular complexity index is 529. The van der Waals surface area contributed by atoms with Gasteiger partial charge in [-0.2, -0.15) is 0 Å². The van der Waals surface area contributed by atoms with Crippen LogP contribution in [0.1, 0.15) is 27.4 Å². The quantitative estimate of drug-likeness (QED) is 0.864. The van der Waals surface area contributed by atoms with E-state index in [4.69, 9.17) is 10.2 Å². The van der Waals surface area contributed by atoms with Gasteiger partial charge < -0.3 is 15.5 Å². The van der Waals surface area contributed by atoms with Crippen LogP contribution >= 0.6 is 0 Å². The van der Waals surface area contributed by atoms with Crippen molar-refractivity contribution < 1.29 is 9.21 Å². The molecule has 0 bridgehead atoms. The number of amides is 1. The van der Waals surface area contributed by atoms with E-state index in [-0.39, 0.29) is 5.91 Å². The van der Waals surface area contributed by atoms with Crippen LogP contribution in [0.4, 0.5) is 0 Å². The first kappa shape index (κ1) is 12.4. The lowest BCUT2D eigenvalue weighted by molar-refractivity contribution is 0.0921. The van der Waals surface area contributed by atoms with Crippen molar-refractivity contribution in [1.29, 1.82) is 0 Å². The highest BCUT2D eigenvalue weighted by Crippen LogP contribution is 2.08. The Balaban J connectivity index is 1.93. The van der Waals surface area contributed by atoms with Gasteiger partial charge in [0.25, 0.3) is 5.91 Å². The summed E-state index contributed by atoms with van der Waals surface area (Å²) in [5.41, 5.74) is 7.67. The van der Waals surface area contributed by atoms with E-state index in [9.17, 15) is 4.79 Å². The van der Waals surface area contributed by atoms with E-state index in [1.807, 2.05) is 31.2 Å². The highest BCUT2D eigenvalue weighted by molar-refractivity contribution is 5.91. The third kappa shape index (κ3) is 2.99. The Kier molecular flexibility index (Phi) is 3.79. The predicted octanol–water partition coefficient (Wildman–Crippen LogP) is 1.98. The molecule has 0 fully saturated rings. The van der Waals surface area contributed by atoms with Gasteiger partial charge in [0.05, 0.1) is 6.54 Å². The maximum atomic E-state index is 11.8. The molecule has 1 aromatic carbocycles. The Morgan fingerprint density at radius 1 is 1.22 bits per heavy atom. The lowest BCUT2D eigenvalue weighted by Gasteiger charge is -2.03. The molecule has 1 amide bonds. The van der Waals surface area contributed by atoms with Crippen LogP contribution in [0.5, 0.6) is 0 Å². The van der Waals surface area contributed by atoms with Crippen molar-refractivity contribution in [3.8, 4) is 0 Å². The smallest absolute Gasteiger partial charge is 0.287 e. The number of nitrogens with one attached hydrogen (secondary N) is 1. The van der Waals surface area contributed by atoms with Crippen molar-refractivity contribution in [2.24, 2.45) is 5.73 Å². The van der Waals surface area contributed by atoms with Gasteiger partial charge >= 0.3 is 0 Å². The number of rotatable bonds is 4. The molecule has 3 N–H and O–H groups in total. The highest BCUT2D eigenvalue weighted by atomic mass is 16.4. The fraction of sp³-hybridized carbons (Fsp3) is 0.214. The number of hydrogen-bond acceptors (Lipinski definition) is 3. The van der Waals surface area contributed by atoms with E-state index in [0.29, 0.717) is 24.6 Å². The van der Waals surface area contributed by atoms with Gasteiger partial charge in [-0.05, 0) is 24.6 Å². The van der Waals surface area contributed by atoms with Crippen molar-refractivity contribution in [1.82, 2.24) is 5.32 Å². The molecule has 0 aliphatic carbocycles. The topological polar surface area (TPSA) is 68.3 Å². The molecule has 0 atom stereocenters. The highest BCUT2D eigenvalue weighted by Gasteiger charge is 2.09. The van der Waals surface area contributed by atoms with Crippen molar-refractivity contribution in [2.45, 2.75) is 20.0 Å². The Labute approximate surface area is 106 Å². The maximum absolute atomic E-state index is 11.8. The number of furan rings is 1. The van der Waals surface area contributed by atoms with Crippen LogP contribution < -0.4 is 11.1 Å². The number of carbonyl (C=O) groups excluding carboxylic acids is 1. The third-order valence-corrected chi connectivity index (χ3v) is 2.66. The minimum absolute atomic E-state index is 0.227. The molecule has 4 nitrogen and oxygen atoms in total. The monoisotopic (exact) mass is 244 g/mol. The third-order valence-electron chi connectivity index (χ3n) is 2.66. The molecule has 2 aromatic rings. The van der Waals surface area contributed by atoms with E-state index in [0.717, 1.165) is 5.56 Å². The number of benzene rings is 1. The molecule has 0 radical (unpaired) electrons. The molecule has 0 unspecified atom stereocenters. The van der Waals surface area contributed by atoms with Crippen LogP contribution in [0.3, 0.4) is 0 Å². The fourth-order valence-corrected chi connectivity index (χ4v) is 1.59. The second-order valence-corrected chi connectivity index (χ2v) is 4.14. The van der Waals surface area contributed by atoms with E-state index < -0.39 is 0 Å². The first-order valence-electron chi connectivity index (χ1n) is 5.81. The van der Waals surface area contributed by atoms with Crippen LogP contribution in [-0.2, 0) is 13.1 Å². The van der Waals surface area contributed by atoms with Gasteiger partial charge in [0.15, 0.2) is 5.76 Å². The van der Waals surface area contributed by atoms with Crippen molar-refractivity contribution in [3.05, 3.63) is 59.0 Å². The average Bonchev–Trinajstić information content (AvgIpc) is 2.86. The van der Waals surface area contributed by atoms with Crippen LogP contribution in [0.25, 0.3) is 0 Å². The Morgan fingerprint density at radius 2 is 1.94 bits per heavy atom. The molecular weight excluding hydrogens is 228 g/mol. The average molecular weight is 244 g/mol. The molecule has 2 rings (SSSR count). The summed E-state index contributed by atoms with van der Waals surface area (Å²) >= 11 is 0. The second kappa shape index (κ2) is 5.51. The molecule has 0 spiro atoms. The van der Waals surface area contributed by atoms with Crippen LogP contribution in [-0.4, -0.2) is 5.91 Å². The zero-order valence-corrected chi connectivity index (χ0v) is 10.3. The summed E-state index contributed by atoms with van der Waals surface area (Å²) in [6, 6.07) is 11.3. The SMILES string of the molecule is Cc1ccc(CNC(=O)c2ccc(CN)o2)cc1. The normalized spacial score (nSPS) is 10.3. The summed E-state index contributed by atoms with van der Waals surface area (Å²) in [7, 11) is 0. The van der Waals surface area contributed by atoms with Crippen molar-refractivity contribution >= 4 is 5.91 Å². The van der Waals surface area contributed by atoms with Gasteiger partial charge in [0.2, 0.25) is 0 Å². The molecule has 0 aliphatic heterocycles. The van der Waals surface area contributed by atoms with Crippen LogP contribution in [0.2, 0.25) is 0 Å². The Hall–Kier alpha value is -2.07. The molecule has 18 heavy (non-hydrogen) atoms. The molecule has 1 heterocycles. The van der Waals surface area contributed by atoms with E-state index in [2.05, 4.69) is 5.32 Å². The molecule has 94 valence electrons. The summed E-state index contributed by atoms with van der Waals surface area (Å²) in [5.74, 6) is 0.674. The summed E-state index contributed by atoms with van der Waals surface area (Å²) < 4.78 is 5.27. The van der Waals surface area contributed by atoms with Crippen LogP contribution in [0, 0.1) is 6.92 Å². The molecule has 0 saturated carbocycles. The summed E-state index contributed by atoms with van der Waals surface area (Å²) in [5, 5.41) is 2.80. The molecule has 1 aromatic heterocycles. The first-order chi connectivity index (χ1) is 8.69. The second-order valence-electron chi connectivity index (χ2n) is 4.14. The summed E-state index contributed by atoms with van der Waals surface area (Å²) in [4.78, 5) is 11.8. The molecular formula is C14H16N2O2. The maximum Gasteiger partial charge on any atom is 0.287 e. The zero-order valence-electron chi connectivity index (χ0n) is 10.3. The van der Waals surface area contributed by atoms with Gasteiger partial charge in [0, 0.05) is 6.54 Å². The Morgan fingerprint density at radius 3 is 2.56 bits per heavy atom. The van der Waals surface area contributed by atoms with E-state index in [1.54, 1.807) is 12.1 Å². The minimum Gasteiger partial charge on any atom is -0.455 e. The number of nitrogens with two attached hydrogens (primary N) is 1. The zero-order chi connectivity index (χ0) is 13.0. The fourth-order valence-electron chi connectivity index (χ4n) is 1.59. The standard InChI is InChI=1S/C14H16N2O2/c1-10-2-4-11(5-3-10)9-16-14(17)13-7-6-12(8-15)18-13/h2-7H,8-9,15H2,1H3,(H,16,17). The molecule has 0 aliphatic rings. The van der Waals surface area contributed by atoms with Crippen LogP contribution in [0.15, 0.2) is 40.8 Å². The number of hydrogen-bond donors (Lipinski definition) is 2. The van der Waals surface area contributed by atoms with Crippen molar-refractivity contribution in [3.63, 3.8) is 0 Å². The van der Waals surface area contributed by atoms with E-state index in [1.165, 1.54) is 5.56 Å². The molecule has 0 saturated heterocycles. The van der Waals surface area contributed by atoms with E-state index >= 15 is 0 Å². The van der Waals surface area contributed by atoms with Crippen molar-refractivity contribution in [2.75, 3.05) is 0 Å².